The molecule has 9 heteroatoms. The largest absolute Gasteiger partial charge is 0.387 e. The van der Waals surface area contributed by atoms with E-state index in [0.29, 0.717) is 13.0 Å². The van der Waals surface area contributed by atoms with Crippen LogP contribution in [-0.4, -0.2) is 32.2 Å². The summed E-state index contributed by atoms with van der Waals surface area (Å²) in [5.41, 5.74) is 7.50. The van der Waals surface area contributed by atoms with Gasteiger partial charge in [0.25, 0.3) is 0 Å². The number of fused-ring (bicyclic) bond motifs is 1. The normalized spacial score (nSPS) is 20.4. The second kappa shape index (κ2) is 11.1. The molecule has 3 aromatic rings. The van der Waals surface area contributed by atoms with Crippen LogP contribution in [-0.2, 0) is 11.3 Å². The third-order valence-corrected chi connectivity index (χ3v) is 7.71. The van der Waals surface area contributed by atoms with Crippen LogP contribution in [0, 0.1) is 17.2 Å². The van der Waals surface area contributed by atoms with E-state index in [1.54, 1.807) is 6.20 Å². The third kappa shape index (κ3) is 5.43. The van der Waals surface area contributed by atoms with Gasteiger partial charge in [0.15, 0.2) is 0 Å². The number of aromatic nitrogens is 3. The fourth-order valence-electron chi connectivity index (χ4n) is 5.54. The molecule has 3 atom stereocenters. The second-order valence-corrected chi connectivity index (χ2v) is 10.5. The molecule has 4 N–H and O–H groups in total. The van der Waals surface area contributed by atoms with Crippen LogP contribution in [0.4, 0.5) is 0 Å². The Bertz CT molecular complexity index is 1490. The number of nitrogens with one attached hydrogen (secondary N) is 2. The van der Waals surface area contributed by atoms with Crippen molar-refractivity contribution in [2.45, 2.75) is 44.7 Å². The SMILES string of the molecule is CC1=Cn2c(=O)n(CC(c3ccccc3)c3ccccc3)c(=O)n2[C@H](C(=O)NCC2C=CC(C(=N)N)CC2)C1. The van der Waals surface area contributed by atoms with E-state index in [9.17, 15) is 14.4 Å². The first-order valence-electron chi connectivity index (χ1n) is 13.3. The molecule has 0 spiro atoms. The molecule has 1 amide bonds. The van der Waals surface area contributed by atoms with Gasteiger partial charge in [-0.05, 0) is 36.8 Å². The molecule has 2 aliphatic rings. The van der Waals surface area contributed by atoms with E-state index < -0.39 is 17.4 Å². The summed E-state index contributed by atoms with van der Waals surface area (Å²) in [6.07, 6.45) is 7.50. The Morgan fingerprint density at radius 1 is 1.00 bits per heavy atom. The maximum absolute atomic E-state index is 13.7. The fraction of sp³-hybridized carbons (Fsp3) is 0.333. The molecule has 202 valence electrons. The highest BCUT2D eigenvalue weighted by Crippen LogP contribution is 2.27. The minimum Gasteiger partial charge on any atom is -0.387 e. The molecule has 39 heavy (non-hydrogen) atoms. The molecule has 0 saturated heterocycles. The van der Waals surface area contributed by atoms with Crippen molar-refractivity contribution in [3.63, 3.8) is 0 Å². The van der Waals surface area contributed by atoms with E-state index in [2.05, 4.69) is 5.32 Å². The van der Waals surface area contributed by atoms with Crippen molar-refractivity contribution in [3.8, 4) is 0 Å². The summed E-state index contributed by atoms with van der Waals surface area (Å²) in [6, 6.07) is 18.8. The molecular weight excluding hydrogens is 492 g/mol. The molecule has 2 heterocycles. The van der Waals surface area contributed by atoms with Gasteiger partial charge in [0.05, 0.1) is 5.84 Å². The number of amidine groups is 1. The molecule has 9 nitrogen and oxygen atoms in total. The van der Waals surface area contributed by atoms with Crippen molar-refractivity contribution in [2.75, 3.05) is 6.54 Å². The summed E-state index contributed by atoms with van der Waals surface area (Å²) >= 11 is 0. The van der Waals surface area contributed by atoms with Gasteiger partial charge in [0.1, 0.15) is 6.04 Å². The Morgan fingerprint density at radius 3 is 2.21 bits per heavy atom. The van der Waals surface area contributed by atoms with E-state index in [-0.39, 0.29) is 36.0 Å². The number of hydrogen-bond donors (Lipinski definition) is 3. The molecule has 0 radical (unpaired) electrons. The van der Waals surface area contributed by atoms with Crippen LogP contribution in [0.5, 0.6) is 0 Å². The van der Waals surface area contributed by atoms with E-state index in [1.165, 1.54) is 13.9 Å². The number of carbonyl (C=O) groups is 1. The number of nitrogens with two attached hydrogens (primary N) is 1. The van der Waals surface area contributed by atoms with E-state index in [0.717, 1.165) is 29.5 Å². The summed E-state index contributed by atoms with van der Waals surface area (Å²) in [6.45, 7) is 2.44. The van der Waals surface area contributed by atoms with Gasteiger partial charge in [0.2, 0.25) is 5.91 Å². The highest BCUT2D eigenvalue weighted by molar-refractivity contribution is 5.82. The molecule has 1 aliphatic heterocycles. The van der Waals surface area contributed by atoms with Crippen LogP contribution in [0.1, 0.15) is 49.3 Å². The van der Waals surface area contributed by atoms with Gasteiger partial charge in [0, 0.05) is 37.5 Å². The quantitative estimate of drug-likeness (QED) is 0.237. The average molecular weight is 527 g/mol. The minimum absolute atomic E-state index is 0.0496. The first-order chi connectivity index (χ1) is 18.8. The highest BCUT2D eigenvalue weighted by Gasteiger charge is 2.32. The number of rotatable bonds is 8. The number of hydrogen-bond acceptors (Lipinski definition) is 4. The maximum Gasteiger partial charge on any atom is 0.351 e. The van der Waals surface area contributed by atoms with Crippen molar-refractivity contribution >= 4 is 17.9 Å². The summed E-state index contributed by atoms with van der Waals surface area (Å²) in [4.78, 5) is 40.6. The van der Waals surface area contributed by atoms with E-state index in [1.807, 2.05) is 79.7 Å². The topological polar surface area (TPSA) is 128 Å². The van der Waals surface area contributed by atoms with E-state index >= 15 is 0 Å². The van der Waals surface area contributed by atoms with Crippen LogP contribution in [0.3, 0.4) is 0 Å². The Balaban J connectivity index is 1.42. The van der Waals surface area contributed by atoms with Gasteiger partial charge < -0.3 is 11.1 Å². The second-order valence-electron chi connectivity index (χ2n) is 10.5. The molecule has 1 aromatic heterocycles. The van der Waals surface area contributed by atoms with Crippen molar-refractivity contribution < 1.29 is 4.79 Å². The minimum atomic E-state index is -0.819. The summed E-state index contributed by atoms with van der Waals surface area (Å²) < 4.78 is 3.82. The number of amides is 1. The molecule has 0 fully saturated rings. The molecule has 5 rings (SSSR count). The van der Waals surface area contributed by atoms with Crippen molar-refractivity contribution in [1.82, 2.24) is 19.2 Å². The predicted octanol–water partition coefficient (Wildman–Crippen LogP) is 3.08. The number of carbonyl (C=O) groups excluding carboxylic acids is 1. The van der Waals surface area contributed by atoms with Crippen LogP contribution in [0.15, 0.2) is 88.0 Å². The van der Waals surface area contributed by atoms with Gasteiger partial charge in [-0.1, -0.05) is 78.4 Å². The smallest absolute Gasteiger partial charge is 0.351 e. The lowest BCUT2D eigenvalue weighted by molar-refractivity contribution is -0.125. The zero-order valence-corrected chi connectivity index (χ0v) is 22.0. The Kier molecular flexibility index (Phi) is 7.49. The zero-order chi connectivity index (χ0) is 27.5. The van der Waals surface area contributed by atoms with Crippen LogP contribution in [0.25, 0.3) is 6.20 Å². The predicted molar refractivity (Wildman–Crippen MR) is 152 cm³/mol. The van der Waals surface area contributed by atoms with Gasteiger partial charge >= 0.3 is 11.4 Å². The van der Waals surface area contributed by atoms with Crippen LogP contribution >= 0.6 is 0 Å². The number of allylic oxidation sites excluding steroid dienone is 1. The summed E-state index contributed by atoms with van der Waals surface area (Å²) in [5.74, 6) is -0.267. The van der Waals surface area contributed by atoms with Crippen LogP contribution < -0.4 is 22.4 Å². The van der Waals surface area contributed by atoms with Crippen molar-refractivity contribution in [3.05, 3.63) is 110 Å². The maximum atomic E-state index is 13.7. The lowest BCUT2D eigenvalue weighted by Gasteiger charge is -2.26. The lowest BCUT2D eigenvalue weighted by atomic mass is 9.88. The Morgan fingerprint density at radius 2 is 1.64 bits per heavy atom. The number of benzene rings is 2. The Labute approximate surface area is 226 Å². The molecule has 0 saturated carbocycles. The lowest BCUT2D eigenvalue weighted by Crippen LogP contribution is -2.42. The first kappa shape index (κ1) is 26.2. The summed E-state index contributed by atoms with van der Waals surface area (Å²) in [5, 5.41) is 10.6. The summed E-state index contributed by atoms with van der Waals surface area (Å²) in [7, 11) is 0. The molecule has 2 unspecified atom stereocenters. The molecule has 1 aliphatic carbocycles. The van der Waals surface area contributed by atoms with Gasteiger partial charge in [-0.2, -0.15) is 0 Å². The first-order valence-corrected chi connectivity index (χ1v) is 13.3. The molecular formula is C30H34N6O3. The average Bonchev–Trinajstić information content (AvgIpc) is 3.19. The van der Waals surface area contributed by atoms with Crippen LogP contribution in [0.2, 0.25) is 0 Å². The van der Waals surface area contributed by atoms with Gasteiger partial charge in [-0.3, -0.25) is 10.2 Å². The Hall–Kier alpha value is -4.40. The number of nitrogens with zero attached hydrogens (tertiary/aromatic N) is 3. The zero-order valence-electron chi connectivity index (χ0n) is 22.0. The monoisotopic (exact) mass is 526 g/mol. The third-order valence-electron chi connectivity index (χ3n) is 7.71. The van der Waals surface area contributed by atoms with Gasteiger partial charge in [-0.15, -0.1) is 0 Å². The van der Waals surface area contributed by atoms with Gasteiger partial charge in [-0.25, -0.2) is 23.5 Å². The molecule has 0 bridgehead atoms. The fourth-order valence-corrected chi connectivity index (χ4v) is 5.54. The standard InChI is InChI=1S/C30H34N6O3/c1-20-16-26(28(37)33-17-21-12-14-24(15-13-21)27(31)32)36-30(39)34(29(38)35(36)18-20)19-25(22-8-4-2-5-9-22)23-10-6-3-7-11-23/h2-12,14,18,21,24-26H,13,15-17,19H2,1H3,(H3,31,32)(H,33,37)/t21?,24?,26-/m0/s1. The molecule has 2 aromatic carbocycles. The van der Waals surface area contributed by atoms with E-state index in [4.69, 9.17) is 11.1 Å². The highest BCUT2D eigenvalue weighted by atomic mass is 16.2. The van der Waals surface area contributed by atoms with Crippen molar-refractivity contribution in [1.29, 1.82) is 5.41 Å². The van der Waals surface area contributed by atoms with Crippen molar-refractivity contribution in [2.24, 2.45) is 17.6 Å².